The van der Waals surface area contributed by atoms with Crippen LogP contribution >= 0.6 is 11.6 Å². The Balaban J connectivity index is 1.80. The molecule has 0 atom stereocenters. The molecule has 0 bridgehead atoms. The number of para-hydroxylation sites is 1. The van der Waals surface area contributed by atoms with Gasteiger partial charge in [-0.1, -0.05) is 59.1 Å². The van der Waals surface area contributed by atoms with E-state index in [2.05, 4.69) is 14.9 Å². The molecule has 0 amide bonds. The number of aromatic nitrogens is 1. The fourth-order valence-electron chi connectivity index (χ4n) is 3.12. The van der Waals surface area contributed by atoms with Gasteiger partial charge in [0.2, 0.25) is 0 Å². The van der Waals surface area contributed by atoms with Crippen molar-refractivity contribution in [3.05, 3.63) is 99.5 Å². The second-order valence-corrected chi connectivity index (χ2v) is 11.6. The van der Waals surface area contributed by atoms with Crippen molar-refractivity contribution >= 4 is 49.0 Å². The Morgan fingerprint density at radius 1 is 0.778 bits per heavy atom. The van der Waals surface area contributed by atoms with Crippen LogP contribution in [-0.2, 0) is 20.0 Å². The van der Waals surface area contributed by atoms with Gasteiger partial charge in [-0.3, -0.25) is 0 Å². The van der Waals surface area contributed by atoms with Gasteiger partial charge in [-0.25, -0.2) is 22.8 Å². The molecular formula is C23H21ClN4O6S2. The summed E-state index contributed by atoms with van der Waals surface area (Å²) in [6, 6.07) is 18.3. The first kappa shape index (κ1) is 25.4. The number of halogens is 1. The zero-order valence-electron chi connectivity index (χ0n) is 19.0. The Morgan fingerprint density at radius 2 is 1.31 bits per heavy atom. The molecule has 36 heavy (non-hydrogen) atoms. The van der Waals surface area contributed by atoms with Crippen LogP contribution in [0, 0.1) is 13.8 Å². The largest absolute Gasteiger partial charge is 0.442 e. The highest BCUT2D eigenvalue weighted by Crippen LogP contribution is 2.30. The van der Waals surface area contributed by atoms with Crippen molar-refractivity contribution in [3.8, 4) is 0 Å². The molecule has 188 valence electrons. The average molecular weight is 549 g/mol. The smallest absolute Gasteiger partial charge is 0.387 e. The number of hydrogen-bond donors (Lipinski definition) is 3. The summed E-state index contributed by atoms with van der Waals surface area (Å²) in [5.41, 5.74) is 1.94. The molecule has 0 aliphatic rings. The van der Waals surface area contributed by atoms with Crippen LogP contribution in [0.2, 0.25) is 5.02 Å². The van der Waals surface area contributed by atoms with Crippen LogP contribution in [-0.4, -0.2) is 21.5 Å². The molecule has 10 nitrogen and oxygen atoms in total. The van der Waals surface area contributed by atoms with Crippen molar-refractivity contribution in [1.82, 2.24) is 4.68 Å². The monoisotopic (exact) mass is 548 g/mol. The van der Waals surface area contributed by atoms with E-state index in [-0.39, 0.29) is 26.3 Å². The molecule has 3 aromatic carbocycles. The normalized spacial score (nSPS) is 11.8. The molecule has 0 aliphatic carbocycles. The fourth-order valence-corrected chi connectivity index (χ4v) is 5.30. The van der Waals surface area contributed by atoms with Crippen molar-refractivity contribution in [2.45, 2.75) is 23.6 Å². The topological polar surface area (TPSA) is 140 Å². The SMILES string of the molecule is Cc1ccc(S(=O)(=O)Nc2oc(=O)n(NS(=O)(=O)c3ccc(C)cc3)c2Nc2ccccc2Cl)cc1. The predicted molar refractivity (Wildman–Crippen MR) is 137 cm³/mol. The molecule has 0 unspecified atom stereocenters. The van der Waals surface area contributed by atoms with Crippen LogP contribution < -0.4 is 20.6 Å². The Hall–Kier alpha value is -3.74. The first-order valence-corrected chi connectivity index (χ1v) is 13.8. The molecule has 13 heteroatoms. The zero-order valence-corrected chi connectivity index (χ0v) is 21.4. The van der Waals surface area contributed by atoms with Crippen molar-refractivity contribution in [2.24, 2.45) is 0 Å². The Labute approximate surface area is 212 Å². The Kier molecular flexibility index (Phi) is 6.85. The number of aryl methyl sites for hydroxylation is 2. The van der Waals surface area contributed by atoms with Crippen LogP contribution in [0.5, 0.6) is 0 Å². The molecule has 0 aliphatic heterocycles. The number of benzene rings is 3. The minimum absolute atomic E-state index is 0.0903. The van der Waals surface area contributed by atoms with E-state index in [0.717, 1.165) is 11.1 Å². The summed E-state index contributed by atoms with van der Waals surface area (Å²) in [7, 11) is -8.47. The summed E-state index contributed by atoms with van der Waals surface area (Å²) < 4.78 is 59.8. The van der Waals surface area contributed by atoms with Gasteiger partial charge in [0.25, 0.3) is 25.9 Å². The molecule has 0 saturated carbocycles. The van der Waals surface area contributed by atoms with Crippen LogP contribution in [0.25, 0.3) is 0 Å². The van der Waals surface area contributed by atoms with E-state index in [1.807, 2.05) is 0 Å². The molecule has 0 saturated heterocycles. The third kappa shape index (κ3) is 5.40. The van der Waals surface area contributed by atoms with Gasteiger partial charge in [-0.2, -0.15) is 13.1 Å². The van der Waals surface area contributed by atoms with Gasteiger partial charge in [0.1, 0.15) is 0 Å². The average Bonchev–Trinajstić information content (AvgIpc) is 3.08. The maximum absolute atomic E-state index is 13.0. The third-order valence-electron chi connectivity index (χ3n) is 5.04. The zero-order chi connectivity index (χ0) is 26.1. The summed E-state index contributed by atoms with van der Waals surface area (Å²) in [6.07, 6.45) is 0. The van der Waals surface area contributed by atoms with E-state index in [0.29, 0.717) is 4.68 Å². The van der Waals surface area contributed by atoms with Gasteiger partial charge in [0, 0.05) is 0 Å². The van der Waals surface area contributed by atoms with Gasteiger partial charge in [-0.15, -0.1) is 0 Å². The second kappa shape index (κ2) is 9.72. The third-order valence-corrected chi connectivity index (χ3v) is 8.03. The van der Waals surface area contributed by atoms with E-state index >= 15 is 0 Å². The number of sulfonamides is 2. The van der Waals surface area contributed by atoms with Gasteiger partial charge >= 0.3 is 5.76 Å². The number of hydrogen-bond acceptors (Lipinski definition) is 7. The van der Waals surface area contributed by atoms with E-state index in [1.54, 1.807) is 62.4 Å². The van der Waals surface area contributed by atoms with Crippen LogP contribution in [0.15, 0.2) is 91.8 Å². The Morgan fingerprint density at radius 3 is 1.86 bits per heavy atom. The minimum atomic E-state index is -4.26. The highest BCUT2D eigenvalue weighted by Gasteiger charge is 2.27. The highest BCUT2D eigenvalue weighted by molar-refractivity contribution is 7.93. The first-order valence-electron chi connectivity index (χ1n) is 10.4. The van der Waals surface area contributed by atoms with Gasteiger partial charge in [-0.05, 0) is 50.2 Å². The highest BCUT2D eigenvalue weighted by atomic mass is 35.5. The maximum atomic E-state index is 13.0. The summed E-state index contributed by atoms with van der Waals surface area (Å²) in [5, 5.41) is 3.01. The lowest BCUT2D eigenvalue weighted by Crippen LogP contribution is -2.31. The molecule has 1 aromatic heterocycles. The summed E-state index contributed by atoms with van der Waals surface area (Å²) >= 11 is 6.22. The molecule has 0 spiro atoms. The van der Waals surface area contributed by atoms with E-state index in [4.69, 9.17) is 16.0 Å². The fraction of sp³-hybridized carbons (Fsp3) is 0.0870. The predicted octanol–water partition coefficient (Wildman–Crippen LogP) is 4.19. The van der Waals surface area contributed by atoms with Gasteiger partial charge in [0.15, 0.2) is 5.82 Å². The van der Waals surface area contributed by atoms with Crippen LogP contribution in [0.1, 0.15) is 11.1 Å². The number of nitrogens with zero attached hydrogens (tertiary/aromatic N) is 1. The molecule has 3 N–H and O–H groups in total. The lowest BCUT2D eigenvalue weighted by atomic mass is 10.2. The molecule has 4 aromatic rings. The minimum Gasteiger partial charge on any atom is -0.387 e. The maximum Gasteiger partial charge on any atom is 0.442 e. The molecular weight excluding hydrogens is 528 g/mol. The molecule has 0 fully saturated rings. The van der Waals surface area contributed by atoms with Crippen molar-refractivity contribution in [1.29, 1.82) is 0 Å². The van der Waals surface area contributed by atoms with E-state index in [9.17, 15) is 21.6 Å². The number of nitrogens with one attached hydrogen (secondary N) is 3. The van der Waals surface area contributed by atoms with Crippen LogP contribution in [0.3, 0.4) is 0 Å². The molecule has 0 radical (unpaired) electrons. The molecule has 1 heterocycles. The first-order chi connectivity index (χ1) is 17.0. The quantitative estimate of drug-likeness (QED) is 0.300. The van der Waals surface area contributed by atoms with Gasteiger partial charge < -0.3 is 9.73 Å². The molecule has 4 rings (SSSR count). The number of rotatable bonds is 8. The van der Waals surface area contributed by atoms with Gasteiger partial charge in [0.05, 0.1) is 20.5 Å². The van der Waals surface area contributed by atoms with Crippen molar-refractivity contribution < 1.29 is 21.3 Å². The number of oxazole rings is 1. The lowest BCUT2D eigenvalue weighted by molar-refractivity contribution is 0.510. The lowest BCUT2D eigenvalue weighted by Gasteiger charge is -2.14. The van der Waals surface area contributed by atoms with E-state index < -0.39 is 31.7 Å². The number of anilines is 3. The van der Waals surface area contributed by atoms with Crippen molar-refractivity contribution in [2.75, 3.05) is 14.9 Å². The van der Waals surface area contributed by atoms with Crippen molar-refractivity contribution in [3.63, 3.8) is 0 Å². The summed E-state index contributed by atoms with van der Waals surface area (Å²) in [6.45, 7) is 3.59. The summed E-state index contributed by atoms with van der Waals surface area (Å²) in [4.78, 5) is 14.6. The standard InChI is InChI=1S/C23H21ClN4O6S2/c1-15-7-11-17(12-8-15)35(30,31)26-22-21(25-20-6-4-3-5-19(20)24)28(23(29)34-22)27-36(32,33)18-13-9-16(2)10-14-18/h3-14,25-27H,1-2H3. The summed E-state index contributed by atoms with van der Waals surface area (Å²) in [5.74, 6) is -2.08. The van der Waals surface area contributed by atoms with E-state index in [1.165, 1.54) is 24.3 Å². The second-order valence-electron chi connectivity index (χ2n) is 7.81. The van der Waals surface area contributed by atoms with Crippen LogP contribution in [0.4, 0.5) is 17.4 Å². The Bertz CT molecular complexity index is 1680.